The number of carbonyl (C=O) groups excluding carboxylic acids is 1. The Morgan fingerprint density at radius 1 is 1.48 bits per heavy atom. The first-order valence-corrected chi connectivity index (χ1v) is 8.09. The van der Waals surface area contributed by atoms with Gasteiger partial charge in [-0.15, -0.1) is 11.6 Å². The molecule has 1 aliphatic rings. The highest BCUT2D eigenvalue weighted by atomic mass is 35.5. The van der Waals surface area contributed by atoms with Gasteiger partial charge in [0.05, 0.1) is 29.0 Å². The van der Waals surface area contributed by atoms with Crippen LogP contribution in [0.5, 0.6) is 0 Å². The number of carbonyl (C=O) groups is 1. The van der Waals surface area contributed by atoms with Crippen molar-refractivity contribution in [3.63, 3.8) is 0 Å². The number of nitrogens with zero attached hydrogens (tertiary/aromatic N) is 1. The van der Waals surface area contributed by atoms with Crippen LogP contribution < -0.4 is 10.5 Å². The van der Waals surface area contributed by atoms with E-state index >= 15 is 0 Å². The van der Waals surface area contributed by atoms with E-state index in [1.165, 1.54) is 12.1 Å². The van der Waals surface area contributed by atoms with Gasteiger partial charge in [-0.2, -0.15) is 10.5 Å². The van der Waals surface area contributed by atoms with E-state index in [1.807, 2.05) is 0 Å². The fourth-order valence-electron chi connectivity index (χ4n) is 2.81. The molecule has 2 rings (SSSR count). The minimum absolute atomic E-state index is 0.0453. The molecular formula is C17H18ClN3O4. The molecule has 1 heterocycles. The summed E-state index contributed by atoms with van der Waals surface area (Å²) < 4.78 is 5.14. The number of ether oxygens (including phenoxy) is 1. The Labute approximate surface area is 150 Å². The lowest BCUT2D eigenvalue weighted by Crippen LogP contribution is -2.99. The monoisotopic (exact) mass is 363 g/mol. The number of halogens is 1. The Kier molecular flexibility index (Phi) is 6.17. The highest BCUT2D eigenvalue weighted by Gasteiger charge is 2.34. The predicted octanol–water partition coefficient (Wildman–Crippen LogP) is 1.63. The lowest BCUT2D eigenvalue weighted by Gasteiger charge is -2.28. The average molecular weight is 364 g/mol. The standard InChI is InChI=1S/C17H18ClN3O4/c1-10-14(9-19)16(12-4-3-5-13(8-12)21(23)24)15(11(2)20-10)17(22)25-7-6-18/h3-5,8,16,20-21,23H,6-7H2,1-2H3/t16-/m1/s1. The number of nitrogens with one attached hydrogen (secondary N) is 2. The van der Waals surface area contributed by atoms with Crippen molar-refractivity contribution in [2.45, 2.75) is 19.8 Å². The predicted molar refractivity (Wildman–Crippen MR) is 90.8 cm³/mol. The van der Waals surface area contributed by atoms with Crippen molar-refractivity contribution in [3.8, 4) is 6.07 Å². The summed E-state index contributed by atoms with van der Waals surface area (Å²) in [6.07, 6.45) is 0. The number of nitriles is 1. The number of benzene rings is 1. The van der Waals surface area contributed by atoms with Gasteiger partial charge in [-0.1, -0.05) is 12.1 Å². The Balaban J connectivity index is 2.57. The summed E-state index contributed by atoms with van der Waals surface area (Å²) in [6.45, 7) is 3.49. The molecule has 0 spiro atoms. The molecule has 0 saturated heterocycles. The molecule has 1 aliphatic heterocycles. The molecule has 0 amide bonds. The second-order valence-electron chi connectivity index (χ2n) is 5.50. The summed E-state index contributed by atoms with van der Waals surface area (Å²) in [4.78, 5) is 12.5. The molecule has 1 aromatic carbocycles. The van der Waals surface area contributed by atoms with E-state index in [-0.39, 0.29) is 23.7 Å². The SMILES string of the molecule is CC1=C(C#N)[C@@H](c2cccc([NH+]([O-])O)c2)C(C(=O)OCCCl)=C(C)N1. The van der Waals surface area contributed by atoms with Gasteiger partial charge in [0.2, 0.25) is 0 Å². The van der Waals surface area contributed by atoms with Crippen molar-refractivity contribution in [2.75, 3.05) is 12.5 Å². The molecule has 8 heteroatoms. The fraction of sp³-hybridized carbons (Fsp3) is 0.294. The van der Waals surface area contributed by atoms with Crippen LogP contribution >= 0.6 is 11.6 Å². The number of alkyl halides is 1. The summed E-state index contributed by atoms with van der Waals surface area (Å²) in [5.41, 5.74) is 2.40. The maximum Gasteiger partial charge on any atom is 0.336 e. The zero-order valence-corrected chi connectivity index (χ0v) is 14.6. The van der Waals surface area contributed by atoms with Gasteiger partial charge in [-0.05, 0) is 19.4 Å². The number of hydrogen-bond donors (Lipinski definition) is 3. The van der Waals surface area contributed by atoms with Crippen molar-refractivity contribution < 1.29 is 20.0 Å². The smallest absolute Gasteiger partial charge is 0.336 e. The third-order valence-electron chi connectivity index (χ3n) is 3.88. The van der Waals surface area contributed by atoms with Crippen molar-refractivity contribution in [1.82, 2.24) is 5.32 Å². The molecule has 3 N–H and O–H groups in total. The lowest BCUT2D eigenvalue weighted by molar-refractivity contribution is -0.991. The quantitative estimate of drug-likeness (QED) is 0.416. The third-order valence-corrected chi connectivity index (χ3v) is 4.03. The van der Waals surface area contributed by atoms with E-state index in [9.17, 15) is 20.5 Å². The van der Waals surface area contributed by atoms with Crippen LogP contribution in [0.15, 0.2) is 46.8 Å². The van der Waals surface area contributed by atoms with Crippen LogP contribution in [0.25, 0.3) is 0 Å². The lowest BCUT2D eigenvalue weighted by atomic mass is 9.81. The molecule has 0 radical (unpaired) electrons. The van der Waals surface area contributed by atoms with Crippen LogP contribution in [0.1, 0.15) is 25.3 Å². The van der Waals surface area contributed by atoms with E-state index in [0.29, 0.717) is 22.5 Å². The summed E-state index contributed by atoms with van der Waals surface area (Å²) in [5, 5.41) is 32.0. The molecule has 0 fully saturated rings. The number of rotatable bonds is 5. The Morgan fingerprint density at radius 2 is 2.20 bits per heavy atom. The molecular weight excluding hydrogens is 346 g/mol. The van der Waals surface area contributed by atoms with Gasteiger partial charge in [0.1, 0.15) is 6.61 Å². The molecule has 2 atom stereocenters. The Morgan fingerprint density at radius 3 is 2.80 bits per heavy atom. The van der Waals surface area contributed by atoms with E-state index in [0.717, 1.165) is 0 Å². The third kappa shape index (κ3) is 4.00. The van der Waals surface area contributed by atoms with Gasteiger partial charge < -0.3 is 15.3 Å². The van der Waals surface area contributed by atoms with Crippen LogP contribution in [0.4, 0.5) is 5.69 Å². The van der Waals surface area contributed by atoms with Gasteiger partial charge in [-0.3, -0.25) is 0 Å². The minimum atomic E-state index is -1.08. The van der Waals surface area contributed by atoms with Crippen LogP contribution in [-0.4, -0.2) is 23.7 Å². The number of quaternary nitrogens is 1. The van der Waals surface area contributed by atoms with E-state index < -0.39 is 17.1 Å². The van der Waals surface area contributed by atoms with Gasteiger partial charge in [0.15, 0.2) is 5.69 Å². The van der Waals surface area contributed by atoms with Gasteiger partial charge in [0, 0.05) is 23.5 Å². The summed E-state index contributed by atoms with van der Waals surface area (Å²) in [5.74, 6) is -1.13. The van der Waals surface area contributed by atoms with Crippen molar-refractivity contribution >= 4 is 23.3 Å². The van der Waals surface area contributed by atoms with Crippen molar-refractivity contribution in [1.29, 1.82) is 5.26 Å². The number of hydrogen-bond acceptors (Lipinski definition) is 6. The van der Waals surface area contributed by atoms with Crippen molar-refractivity contribution in [2.24, 2.45) is 0 Å². The van der Waals surface area contributed by atoms with Gasteiger partial charge >= 0.3 is 5.97 Å². The number of allylic oxidation sites excluding steroid dienone is 3. The van der Waals surface area contributed by atoms with Gasteiger partial charge in [-0.25, -0.2) is 10.0 Å². The number of dihydropyridines is 1. The van der Waals surface area contributed by atoms with E-state index in [1.54, 1.807) is 26.0 Å². The first kappa shape index (κ1) is 19.0. The second-order valence-corrected chi connectivity index (χ2v) is 5.88. The molecule has 25 heavy (non-hydrogen) atoms. The molecule has 0 saturated carbocycles. The van der Waals surface area contributed by atoms with Crippen LogP contribution in [0.3, 0.4) is 0 Å². The summed E-state index contributed by atoms with van der Waals surface area (Å²) >= 11 is 5.57. The second kappa shape index (κ2) is 8.14. The molecule has 0 bridgehead atoms. The molecule has 132 valence electrons. The molecule has 1 aromatic rings. The highest BCUT2D eigenvalue weighted by molar-refractivity contribution is 6.18. The molecule has 1 unspecified atom stereocenters. The molecule has 0 aliphatic carbocycles. The average Bonchev–Trinajstić information content (AvgIpc) is 2.59. The van der Waals surface area contributed by atoms with Gasteiger partial charge in [0.25, 0.3) is 0 Å². The summed E-state index contributed by atoms with van der Waals surface area (Å²) in [6, 6.07) is 8.31. The highest BCUT2D eigenvalue weighted by Crippen LogP contribution is 2.38. The Bertz CT molecular complexity index is 780. The fourth-order valence-corrected chi connectivity index (χ4v) is 2.88. The van der Waals surface area contributed by atoms with Crippen LogP contribution in [0, 0.1) is 16.5 Å². The topological polar surface area (TPSA) is 110 Å². The zero-order chi connectivity index (χ0) is 18.6. The van der Waals surface area contributed by atoms with Crippen LogP contribution in [-0.2, 0) is 9.53 Å². The first-order valence-electron chi connectivity index (χ1n) is 7.55. The zero-order valence-electron chi connectivity index (χ0n) is 13.8. The molecule has 0 aromatic heterocycles. The van der Waals surface area contributed by atoms with Crippen molar-refractivity contribution in [3.05, 3.63) is 57.6 Å². The maximum absolute atomic E-state index is 12.5. The maximum atomic E-state index is 12.5. The Hall–Kier alpha value is -2.37. The molecule has 7 nitrogen and oxygen atoms in total. The van der Waals surface area contributed by atoms with Crippen LogP contribution in [0.2, 0.25) is 0 Å². The normalized spacial score (nSPS) is 18.5. The largest absolute Gasteiger partial charge is 0.595 e. The summed E-state index contributed by atoms with van der Waals surface area (Å²) in [7, 11) is 0. The first-order chi connectivity index (χ1) is 11.9. The minimum Gasteiger partial charge on any atom is -0.595 e. The van der Waals surface area contributed by atoms with E-state index in [4.69, 9.17) is 16.3 Å². The van der Waals surface area contributed by atoms with E-state index in [2.05, 4.69) is 11.4 Å². The number of esters is 1.